The quantitative estimate of drug-likeness (QED) is 0.144. The molecule has 1 unspecified atom stereocenters. The van der Waals surface area contributed by atoms with Crippen LogP contribution in [0.1, 0.15) is 84.0 Å². The van der Waals surface area contributed by atoms with Crippen molar-refractivity contribution in [2.75, 3.05) is 0 Å². The smallest absolute Gasteiger partial charge is 0.166 e. The van der Waals surface area contributed by atoms with Gasteiger partial charge in [-0.15, -0.1) is 11.6 Å². The van der Waals surface area contributed by atoms with Crippen LogP contribution in [0.4, 0.5) is 0 Å². The van der Waals surface area contributed by atoms with Gasteiger partial charge in [0.15, 0.2) is 7.38 Å². The number of rotatable bonds is 13. The van der Waals surface area contributed by atoms with Gasteiger partial charge in [0.1, 0.15) is 0 Å². The van der Waals surface area contributed by atoms with Crippen LogP contribution in [0.25, 0.3) is 0 Å². The predicted molar refractivity (Wildman–Crippen MR) is 94.1 cm³/mol. The highest BCUT2D eigenvalue weighted by Gasteiger charge is 2.27. The highest BCUT2D eigenvalue weighted by atomic mass is 35.6. The van der Waals surface area contributed by atoms with Crippen molar-refractivity contribution >= 4 is 30.1 Å². The highest BCUT2D eigenvalue weighted by Crippen LogP contribution is 2.24. The molecule has 0 saturated heterocycles. The van der Waals surface area contributed by atoms with Crippen molar-refractivity contribution in [1.29, 1.82) is 0 Å². The molecule has 0 heterocycles. The summed E-state index contributed by atoms with van der Waals surface area (Å²) in [5.41, 5.74) is 0. The van der Waals surface area contributed by atoms with Crippen molar-refractivity contribution in [1.82, 2.24) is 0 Å². The zero-order valence-electron chi connectivity index (χ0n) is 13.3. The standard InChI is InChI=1S/C16H34Cl2Si/c1-4-5-6-7-8-9-10-11-12-13-14-15-16(17)19(2,3)18/h16H,4-15H2,1-3H3. The van der Waals surface area contributed by atoms with Crippen molar-refractivity contribution in [3.8, 4) is 0 Å². The third-order valence-electron chi connectivity index (χ3n) is 3.81. The molecule has 0 rings (SSSR count). The molecule has 0 spiro atoms. The van der Waals surface area contributed by atoms with Gasteiger partial charge in [0, 0.05) is 5.00 Å². The van der Waals surface area contributed by atoms with E-state index in [9.17, 15) is 0 Å². The SMILES string of the molecule is CCCCCCCCCCCCCC(Cl)[Si](C)(C)Cl. The van der Waals surface area contributed by atoms with Gasteiger partial charge in [0.25, 0.3) is 0 Å². The van der Waals surface area contributed by atoms with E-state index in [-0.39, 0.29) is 5.00 Å². The summed E-state index contributed by atoms with van der Waals surface area (Å²) in [7, 11) is -1.62. The largest absolute Gasteiger partial charge is 0.168 e. The molecular formula is C16H34Cl2Si. The summed E-state index contributed by atoms with van der Waals surface area (Å²) >= 11 is 12.6. The molecule has 0 radical (unpaired) electrons. The first-order chi connectivity index (χ1) is 8.98. The lowest BCUT2D eigenvalue weighted by molar-refractivity contribution is 0.546. The van der Waals surface area contributed by atoms with E-state index in [1.165, 1.54) is 70.6 Å². The maximum Gasteiger partial charge on any atom is 0.168 e. The van der Waals surface area contributed by atoms with Crippen LogP contribution in [-0.4, -0.2) is 12.4 Å². The average molecular weight is 325 g/mol. The van der Waals surface area contributed by atoms with Crippen molar-refractivity contribution < 1.29 is 0 Å². The number of hydrogen-bond acceptors (Lipinski definition) is 0. The Morgan fingerprint density at radius 3 is 1.47 bits per heavy atom. The lowest BCUT2D eigenvalue weighted by Crippen LogP contribution is -2.31. The van der Waals surface area contributed by atoms with Crippen LogP contribution in [0.2, 0.25) is 13.1 Å². The lowest BCUT2D eigenvalue weighted by atomic mass is 10.1. The Morgan fingerprint density at radius 2 is 1.11 bits per heavy atom. The van der Waals surface area contributed by atoms with E-state index >= 15 is 0 Å². The maximum absolute atomic E-state index is 6.32. The first-order valence-electron chi connectivity index (χ1n) is 8.31. The van der Waals surface area contributed by atoms with Gasteiger partial charge >= 0.3 is 0 Å². The third kappa shape index (κ3) is 13.5. The third-order valence-corrected chi connectivity index (χ3v) is 8.56. The Balaban J connectivity index is 3.15. The van der Waals surface area contributed by atoms with E-state index in [0.717, 1.165) is 6.42 Å². The second-order valence-corrected chi connectivity index (χ2v) is 14.0. The molecule has 0 N–H and O–H groups in total. The Kier molecular flexibility index (Phi) is 13.1. The number of alkyl halides is 1. The van der Waals surface area contributed by atoms with E-state index in [1.54, 1.807) is 0 Å². The molecule has 3 heteroatoms. The molecule has 0 aromatic rings. The van der Waals surface area contributed by atoms with Crippen LogP contribution >= 0.6 is 22.7 Å². The minimum absolute atomic E-state index is 0.243. The van der Waals surface area contributed by atoms with Gasteiger partial charge in [-0.25, -0.2) is 0 Å². The molecule has 1 atom stereocenters. The summed E-state index contributed by atoms with van der Waals surface area (Å²) in [6.07, 6.45) is 16.4. The average Bonchev–Trinajstić information content (AvgIpc) is 2.34. The van der Waals surface area contributed by atoms with Crippen molar-refractivity contribution in [2.24, 2.45) is 0 Å². The molecule has 0 fully saturated rings. The van der Waals surface area contributed by atoms with Crippen LogP contribution in [0, 0.1) is 0 Å². The fraction of sp³-hybridized carbons (Fsp3) is 1.00. The van der Waals surface area contributed by atoms with Gasteiger partial charge in [0.05, 0.1) is 0 Å². The zero-order chi connectivity index (χ0) is 14.6. The van der Waals surface area contributed by atoms with E-state index in [2.05, 4.69) is 20.0 Å². The summed E-state index contributed by atoms with van der Waals surface area (Å²) in [5.74, 6) is 0. The molecule has 0 aromatic carbocycles. The number of unbranched alkanes of at least 4 members (excludes halogenated alkanes) is 10. The van der Waals surface area contributed by atoms with Crippen molar-refractivity contribution in [3.05, 3.63) is 0 Å². The Morgan fingerprint density at radius 1 is 0.737 bits per heavy atom. The molecule has 0 aliphatic heterocycles. The van der Waals surface area contributed by atoms with Crippen LogP contribution in [0.15, 0.2) is 0 Å². The lowest BCUT2D eigenvalue weighted by Gasteiger charge is -2.19. The summed E-state index contributed by atoms with van der Waals surface area (Å²) in [5, 5.41) is 0.243. The molecule has 0 aliphatic rings. The van der Waals surface area contributed by atoms with Gasteiger partial charge < -0.3 is 0 Å². The maximum atomic E-state index is 6.32. The van der Waals surface area contributed by atoms with Crippen LogP contribution in [0.3, 0.4) is 0 Å². The van der Waals surface area contributed by atoms with Gasteiger partial charge in [0.2, 0.25) is 0 Å². The van der Waals surface area contributed by atoms with Crippen LogP contribution in [-0.2, 0) is 0 Å². The second-order valence-electron chi connectivity index (χ2n) is 6.36. The van der Waals surface area contributed by atoms with E-state index < -0.39 is 7.38 Å². The summed E-state index contributed by atoms with van der Waals surface area (Å²) in [6, 6.07) is 0. The van der Waals surface area contributed by atoms with Gasteiger partial charge in [-0.05, 0) is 6.42 Å². The van der Waals surface area contributed by atoms with Gasteiger partial charge in [-0.1, -0.05) is 90.6 Å². The summed E-state index contributed by atoms with van der Waals surface area (Å²) < 4.78 is 0. The summed E-state index contributed by atoms with van der Waals surface area (Å²) in [4.78, 5) is 0. The topological polar surface area (TPSA) is 0 Å². The Bertz CT molecular complexity index is 190. The molecule has 116 valence electrons. The molecule has 0 nitrogen and oxygen atoms in total. The second kappa shape index (κ2) is 12.5. The monoisotopic (exact) mass is 324 g/mol. The van der Waals surface area contributed by atoms with Crippen LogP contribution < -0.4 is 0 Å². The first kappa shape index (κ1) is 19.8. The Hall–Kier alpha value is 0.797. The van der Waals surface area contributed by atoms with Gasteiger partial charge in [-0.3, -0.25) is 0 Å². The van der Waals surface area contributed by atoms with E-state index in [1.807, 2.05) is 0 Å². The number of halogens is 2. The molecular weight excluding hydrogens is 291 g/mol. The van der Waals surface area contributed by atoms with E-state index in [0.29, 0.717) is 0 Å². The van der Waals surface area contributed by atoms with Gasteiger partial charge in [-0.2, -0.15) is 11.1 Å². The van der Waals surface area contributed by atoms with Crippen molar-refractivity contribution in [2.45, 2.75) is 102 Å². The first-order valence-corrected chi connectivity index (χ1v) is 12.8. The minimum atomic E-state index is -1.62. The van der Waals surface area contributed by atoms with E-state index in [4.69, 9.17) is 22.7 Å². The molecule has 0 amide bonds. The minimum Gasteiger partial charge on any atom is -0.166 e. The summed E-state index contributed by atoms with van der Waals surface area (Å²) in [6.45, 7) is 6.56. The Labute approximate surface area is 132 Å². The molecule has 0 bridgehead atoms. The van der Waals surface area contributed by atoms with Crippen LogP contribution in [0.5, 0.6) is 0 Å². The molecule has 0 saturated carbocycles. The normalized spacial score (nSPS) is 13.7. The fourth-order valence-corrected chi connectivity index (χ4v) is 3.70. The highest BCUT2D eigenvalue weighted by molar-refractivity contribution is 7.22. The fourth-order valence-electron chi connectivity index (χ4n) is 2.33. The molecule has 0 aromatic heterocycles. The van der Waals surface area contributed by atoms with Crippen molar-refractivity contribution in [3.63, 3.8) is 0 Å². The zero-order valence-corrected chi connectivity index (χ0v) is 15.8. The number of hydrogen-bond donors (Lipinski definition) is 0. The predicted octanol–water partition coefficient (Wildman–Crippen LogP) is 7.28. The molecule has 0 aliphatic carbocycles. The molecule has 19 heavy (non-hydrogen) atoms.